The third-order valence-corrected chi connectivity index (χ3v) is 5.44. The van der Waals surface area contributed by atoms with Crippen LogP contribution in [0.4, 0.5) is 0 Å². The summed E-state index contributed by atoms with van der Waals surface area (Å²) >= 11 is 0. The number of benzene rings is 2. The molecule has 1 aromatic heterocycles. The number of hydrogen-bond acceptors (Lipinski definition) is 4. The van der Waals surface area contributed by atoms with E-state index in [-0.39, 0.29) is 11.8 Å². The Morgan fingerprint density at radius 3 is 2.59 bits per heavy atom. The molecule has 0 radical (unpaired) electrons. The SMILES string of the molecule is CCc1ccc(-c2nn(-c3ccccc3)cc2C(=O)NCC2CNCC2O)cc1. The molecular weight excluding hydrogens is 364 g/mol. The molecule has 29 heavy (non-hydrogen) atoms. The highest BCUT2D eigenvalue weighted by Gasteiger charge is 2.26. The van der Waals surface area contributed by atoms with Gasteiger partial charge >= 0.3 is 0 Å². The lowest BCUT2D eigenvalue weighted by atomic mass is 10.0. The van der Waals surface area contributed by atoms with Gasteiger partial charge in [-0.15, -0.1) is 0 Å². The van der Waals surface area contributed by atoms with E-state index < -0.39 is 6.10 Å². The average molecular weight is 390 g/mol. The number of rotatable bonds is 6. The van der Waals surface area contributed by atoms with Crippen LogP contribution in [-0.4, -0.2) is 46.5 Å². The van der Waals surface area contributed by atoms with Gasteiger partial charge in [-0.2, -0.15) is 5.10 Å². The molecule has 0 saturated carbocycles. The van der Waals surface area contributed by atoms with Gasteiger partial charge in [0.15, 0.2) is 0 Å². The van der Waals surface area contributed by atoms with E-state index in [9.17, 15) is 9.90 Å². The molecule has 1 fully saturated rings. The minimum atomic E-state index is -0.427. The highest BCUT2D eigenvalue weighted by atomic mass is 16.3. The molecule has 2 unspecified atom stereocenters. The van der Waals surface area contributed by atoms with Crippen molar-refractivity contribution in [2.75, 3.05) is 19.6 Å². The minimum absolute atomic E-state index is 0.0235. The Bertz CT molecular complexity index is 966. The number of carbonyl (C=O) groups excluding carboxylic acids is 1. The third-order valence-electron chi connectivity index (χ3n) is 5.44. The number of aliphatic hydroxyl groups is 1. The molecule has 1 aliphatic rings. The molecule has 1 aliphatic heterocycles. The van der Waals surface area contributed by atoms with Crippen molar-refractivity contribution in [3.05, 3.63) is 71.9 Å². The molecule has 1 amide bonds. The zero-order valence-electron chi connectivity index (χ0n) is 16.5. The number of aromatic nitrogens is 2. The maximum atomic E-state index is 13.0. The zero-order chi connectivity index (χ0) is 20.2. The van der Waals surface area contributed by atoms with Crippen LogP contribution in [-0.2, 0) is 6.42 Å². The predicted molar refractivity (Wildman–Crippen MR) is 113 cm³/mol. The lowest BCUT2D eigenvalue weighted by molar-refractivity contribution is 0.0927. The van der Waals surface area contributed by atoms with Crippen LogP contribution in [0.5, 0.6) is 0 Å². The van der Waals surface area contributed by atoms with Crippen molar-refractivity contribution in [3.63, 3.8) is 0 Å². The highest BCUT2D eigenvalue weighted by molar-refractivity contribution is 6.00. The van der Waals surface area contributed by atoms with Gasteiger partial charge in [0.2, 0.25) is 0 Å². The van der Waals surface area contributed by atoms with E-state index in [0.717, 1.165) is 17.7 Å². The van der Waals surface area contributed by atoms with E-state index in [1.54, 1.807) is 10.9 Å². The number of amides is 1. The number of aliphatic hydroxyl groups excluding tert-OH is 1. The number of carbonyl (C=O) groups is 1. The molecule has 4 rings (SSSR count). The van der Waals surface area contributed by atoms with Gasteiger partial charge < -0.3 is 15.7 Å². The Hall–Kier alpha value is -2.96. The van der Waals surface area contributed by atoms with Crippen LogP contribution in [0, 0.1) is 5.92 Å². The zero-order valence-corrected chi connectivity index (χ0v) is 16.5. The maximum absolute atomic E-state index is 13.0. The molecule has 3 N–H and O–H groups in total. The van der Waals surface area contributed by atoms with Gasteiger partial charge in [-0.1, -0.05) is 49.4 Å². The molecule has 150 valence electrons. The van der Waals surface area contributed by atoms with Crippen molar-refractivity contribution < 1.29 is 9.90 Å². The Morgan fingerprint density at radius 2 is 1.93 bits per heavy atom. The van der Waals surface area contributed by atoms with Crippen molar-refractivity contribution >= 4 is 5.91 Å². The van der Waals surface area contributed by atoms with Crippen LogP contribution in [0.1, 0.15) is 22.8 Å². The molecule has 6 nitrogen and oxygen atoms in total. The first kappa shape index (κ1) is 19.4. The Kier molecular flexibility index (Phi) is 5.74. The van der Waals surface area contributed by atoms with Crippen molar-refractivity contribution in [1.29, 1.82) is 0 Å². The molecule has 2 heterocycles. The van der Waals surface area contributed by atoms with E-state index in [4.69, 9.17) is 5.10 Å². The Balaban J connectivity index is 1.64. The topological polar surface area (TPSA) is 79.2 Å². The fourth-order valence-electron chi connectivity index (χ4n) is 3.61. The van der Waals surface area contributed by atoms with Crippen molar-refractivity contribution in [1.82, 2.24) is 20.4 Å². The van der Waals surface area contributed by atoms with Gasteiger partial charge in [-0.05, 0) is 24.1 Å². The largest absolute Gasteiger partial charge is 0.391 e. The lowest BCUT2D eigenvalue weighted by Crippen LogP contribution is -2.34. The van der Waals surface area contributed by atoms with E-state index in [0.29, 0.717) is 30.9 Å². The standard InChI is InChI=1S/C23H26N4O2/c1-2-16-8-10-17(11-9-16)22-20(15-27(26-22)19-6-4-3-5-7-19)23(29)25-13-18-12-24-14-21(18)28/h3-11,15,18,21,24,28H,2,12-14H2,1H3,(H,25,29). The Morgan fingerprint density at radius 1 is 1.17 bits per heavy atom. The summed E-state index contributed by atoms with van der Waals surface area (Å²) in [4.78, 5) is 13.0. The normalized spacial score (nSPS) is 18.7. The second-order valence-electron chi connectivity index (χ2n) is 7.42. The lowest BCUT2D eigenvalue weighted by Gasteiger charge is -2.14. The summed E-state index contributed by atoms with van der Waals surface area (Å²) in [6, 6.07) is 17.9. The fourth-order valence-corrected chi connectivity index (χ4v) is 3.61. The molecule has 2 aromatic carbocycles. The number of para-hydroxylation sites is 1. The van der Waals surface area contributed by atoms with Crippen LogP contribution in [0.2, 0.25) is 0 Å². The van der Waals surface area contributed by atoms with E-state index in [2.05, 4.69) is 29.7 Å². The minimum Gasteiger partial charge on any atom is -0.391 e. The molecule has 1 saturated heterocycles. The summed E-state index contributed by atoms with van der Waals surface area (Å²) in [6.45, 7) is 3.82. The summed E-state index contributed by atoms with van der Waals surface area (Å²) in [6.07, 6.45) is 2.31. The van der Waals surface area contributed by atoms with Crippen LogP contribution < -0.4 is 10.6 Å². The first-order chi connectivity index (χ1) is 14.2. The molecule has 0 spiro atoms. The van der Waals surface area contributed by atoms with Crippen LogP contribution in [0.25, 0.3) is 16.9 Å². The predicted octanol–water partition coefficient (Wildman–Crippen LogP) is 2.41. The number of β-amino-alcohol motifs (C(OH)–C–C–N with tert-alkyl or cyclic N) is 1. The van der Waals surface area contributed by atoms with Gasteiger partial charge in [0.25, 0.3) is 5.91 Å². The Labute approximate surface area is 170 Å². The van der Waals surface area contributed by atoms with Gasteiger partial charge in [-0.25, -0.2) is 4.68 Å². The molecule has 0 aliphatic carbocycles. The number of hydrogen-bond donors (Lipinski definition) is 3. The summed E-state index contributed by atoms with van der Waals surface area (Å²) < 4.78 is 1.74. The third kappa shape index (κ3) is 4.23. The summed E-state index contributed by atoms with van der Waals surface area (Å²) in [5, 5.41) is 20.8. The number of nitrogens with zero attached hydrogens (tertiary/aromatic N) is 2. The first-order valence-corrected chi connectivity index (χ1v) is 10.1. The second-order valence-corrected chi connectivity index (χ2v) is 7.42. The maximum Gasteiger partial charge on any atom is 0.255 e. The highest BCUT2D eigenvalue weighted by Crippen LogP contribution is 2.24. The number of aryl methyl sites for hydroxylation is 1. The van der Waals surface area contributed by atoms with E-state index >= 15 is 0 Å². The summed E-state index contributed by atoms with van der Waals surface area (Å²) in [7, 11) is 0. The van der Waals surface area contributed by atoms with Gasteiger partial charge in [0.05, 0.1) is 17.4 Å². The van der Waals surface area contributed by atoms with Crippen molar-refractivity contribution in [3.8, 4) is 16.9 Å². The van der Waals surface area contributed by atoms with E-state index in [1.165, 1.54) is 5.56 Å². The smallest absolute Gasteiger partial charge is 0.255 e. The van der Waals surface area contributed by atoms with Gasteiger partial charge in [0, 0.05) is 37.3 Å². The van der Waals surface area contributed by atoms with Gasteiger partial charge in [-0.3, -0.25) is 4.79 Å². The van der Waals surface area contributed by atoms with E-state index in [1.807, 2.05) is 42.5 Å². The van der Waals surface area contributed by atoms with Crippen LogP contribution in [0.15, 0.2) is 60.8 Å². The fraction of sp³-hybridized carbons (Fsp3) is 0.304. The summed E-state index contributed by atoms with van der Waals surface area (Å²) in [5.41, 5.74) is 4.22. The number of nitrogens with one attached hydrogen (secondary N) is 2. The quantitative estimate of drug-likeness (QED) is 0.604. The van der Waals surface area contributed by atoms with Crippen LogP contribution >= 0.6 is 0 Å². The summed E-state index contributed by atoms with van der Waals surface area (Å²) in [5.74, 6) is -0.156. The molecule has 3 aromatic rings. The molecule has 0 bridgehead atoms. The van der Waals surface area contributed by atoms with Crippen molar-refractivity contribution in [2.45, 2.75) is 19.4 Å². The molecule has 6 heteroatoms. The first-order valence-electron chi connectivity index (χ1n) is 10.1. The van der Waals surface area contributed by atoms with Crippen LogP contribution in [0.3, 0.4) is 0 Å². The average Bonchev–Trinajstić information content (AvgIpc) is 3.39. The monoisotopic (exact) mass is 390 g/mol. The van der Waals surface area contributed by atoms with Gasteiger partial charge in [0.1, 0.15) is 5.69 Å². The molecular formula is C23H26N4O2. The molecule has 2 atom stereocenters. The van der Waals surface area contributed by atoms with Crippen molar-refractivity contribution in [2.24, 2.45) is 5.92 Å². The second kappa shape index (κ2) is 8.59.